The fraction of sp³-hybridized carbons (Fsp3) is 0.512. The average Bonchev–Trinajstić information content (AvgIpc) is 3.37. The number of amides is 1. The minimum atomic E-state index is -4.53. The number of hydrogen-bond acceptors (Lipinski definition) is 9. The molecule has 1 atom stereocenters. The molecule has 0 aromatic heterocycles. The number of rotatable bonds is 21. The van der Waals surface area contributed by atoms with Crippen molar-refractivity contribution in [3.8, 4) is 11.3 Å². The number of hydrogen-bond donors (Lipinski definition) is 4. The van der Waals surface area contributed by atoms with Gasteiger partial charge in [-0.15, -0.1) is 0 Å². The number of ether oxygens (including phenoxy) is 1. The molecule has 0 saturated heterocycles. The van der Waals surface area contributed by atoms with Gasteiger partial charge < -0.3 is 24.5 Å². The van der Waals surface area contributed by atoms with Crippen molar-refractivity contribution in [2.75, 3.05) is 50.5 Å². The van der Waals surface area contributed by atoms with Gasteiger partial charge in [-0.05, 0) is 98.6 Å². The first-order valence-corrected chi connectivity index (χ1v) is 23.1. The molecular weight excluding hydrogens is 845 g/mol. The molecule has 1 aromatic carbocycles. The number of fused-ring (bicyclic) bond motifs is 2. The summed E-state index contributed by atoms with van der Waals surface area (Å²) in [5, 5.41) is 12.9. The van der Waals surface area contributed by atoms with Crippen LogP contribution in [0, 0.1) is 0 Å². The molecule has 18 heteroatoms. The normalized spacial score (nSPS) is 16.7. The van der Waals surface area contributed by atoms with E-state index in [4.69, 9.17) is 9.15 Å². The molecule has 2 heterocycles. The monoisotopic (exact) mass is 904 g/mol. The number of carboxylic acids is 1. The zero-order chi connectivity index (χ0) is 43.6. The van der Waals surface area contributed by atoms with Gasteiger partial charge in [0.25, 0.3) is 20.2 Å². The van der Waals surface area contributed by atoms with Crippen molar-refractivity contribution in [3.63, 3.8) is 0 Å². The zero-order valence-corrected chi connectivity index (χ0v) is 42.6. The van der Waals surface area contributed by atoms with Crippen LogP contribution in [0.2, 0.25) is 0 Å². The molecule has 0 radical (unpaired) electrons. The van der Waals surface area contributed by atoms with Crippen LogP contribution in [0.5, 0.6) is 0 Å². The van der Waals surface area contributed by atoms with Crippen LogP contribution in [0.25, 0.3) is 17.4 Å². The number of nitrogens with zero attached hydrogens (tertiary/aromatic N) is 2. The van der Waals surface area contributed by atoms with Crippen LogP contribution in [0.15, 0.2) is 69.6 Å². The fourth-order valence-electron chi connectivity index (χ4n) is 7.64. The van der Waals surface area contributed by atoms with Crippen LogP contribution < -0.4 is 79.3 Å². The van der Waals surface area contributed by atoms with Gasteiger partial charge in [-0.3, -0.25) is 18.7 Å². The summed E-state index contributed by atoms with van der Waals surface area (Å²) in [5.41, 5.74) is 3.22. The number of anilines is 1. The van der Waals surface area contributed by atoms with Gasteiger partial charge in [0.2, 0.25) is 11.3 Å². The van der Waals surface area contributed by atoms with Gasteiger partial charge >= 0.3 is 65.1 Å². The van der Waals surface area contributed by atoms with Crippen molar-refractivity contribution in [1.82, 2.24) is 9.89 Å². The summed E-state index contributed by atoms with van der Waals surface area (Å²) in [6.45, 7) is 12.6. The van der Waals surface area contributed by atoms with E-state index in [0.29, 0.717) is 82.0 Å². The Morgan fingerprint density at radius 2 is 1.69 bits per heavy atom. The molecule has 1 aliphatic carbocycles. The number of benzene rings is 2. The fourth-order valence-corrected chi connectivity index (χ4v) is 8.64. The molecule has 0 fully saturated rings. The van der Waals surface area contributed by atoms with Crippen LogP contribution in [0.1, 0.15) is 103 Å². The second-order valence-corrected chi connectivity index (χ2v) is 19.2. The molecule has 1 amide bonds. The van der Waals surface area contributed by atoms with Crippen molar-refractivity contribution in [2.24, 2.45) is 0 Å². The predicted molar refractivity (Wildman–Crippen MR) is 229 cm³/mol. The van der Waals surface area contributed by atoms with Crippen LogP contribution in [-0.4, -0.2) is 88.6 Å². The van der Waals surface area contributed by atoms with Crippen LogP contribution in [-0.2, 0) is 45.4 Å². The molecule has 1 unspecified atom stereocenters. The second kappa shape index (κ2) is 24.1. The molecule has 4 rings (SSSR count). The van der Waals surface area contributed by atoms with E-state index in [1.807, 2.05) is 60.9 Å². The van der Waals surface area contributed by atoms with Crippen LogP contribution >= 0.6 is 0 Å². The topological polar surface area (TPSA) is 204 Å². The Balaban J connectivity index is 0.00000641. The summed E-state index contributed by atoms with van der Waals surface area (Å²) in [6.07, 6.45) is 9.02. The number of allylic oxidation sites excluding steroid dienone is 3. The summed E-state index contributed by atoms with van der Waals surface area (Å²) in [5.74, 6) is -0.116. The number of nitrogens with one attached hydrogen (secondary N) is 1. The largest absolute Gasteiger partial charge is 1.00 e. The van der Waals surface area contributed by atoms with E-state index in [9.17, 15) is 40.6 Å². The standard InChI is InChI=1S/C43H59N3O11S2.2Na/c1-7-45(24-13-27-58(50,51)52)31-18-20-34-35(42(2,3)4)29-32(57-38(34)28-31)14-11-15-39-43(5,22-12-16-40(47)44-23-26-56-6)36-30-33(59(53,54)55)19-21-37(36)46(39)25-10-8-9-17-41(48)49;;/h11,14-15,18-21,28-30H,7-10,12-13,16-17,22-27H2,1-6H3,(H3-,44,47,48,49,50,51,52,53,54,55);;/q;2*+1/p+1. The maximum absolute atomic E-state index is 12.7. The molecule has 14 nitrogen and oxygen atoms in total. The summed E-state index contributed by atoms with van der Waals surface area (Å²) in [4.78, 5) is 25.8. The van der Waals surface area contributed by atoms with Gasteiger partial charge in [0.15, 0.2) is 0 Å². The van der Waals surface area contributed by atoms with E-state index in [-0.39, 0.29) is 100 Å². The molecule has 0 bridgehead atoms. The molecular formula is C43H60N3Na2O11S2+3. The van der Waals surface area contributed by atoms with Crippen LogP contribution in [0.3, 0.4) is 0 Å². The van der Waals surface area contributed by atoms with Gasteiger partial charge in [-0.25, -0.2) is 4.58 Å². The van der Waals surface area contributed by atoms with E-state index >= 15 is 0 Å². The van der Waals surface area contributed by atoms with Crippen molar-refractivity contribution in [1.29, 1.82) is 0 Å². The predicted octanol–water partition coefficient (Wildman–Crippen LogP) is 0.260. The first-order valence-electron chi connectivity index (χ1n) is 20.0. The van der Waals surface area contributed by atoms with Crippen molar-refractivity contribution in [3.05, 3.63) is 82.6 Å². The SMILES string of the molecule is CC[N+](CCCS(=O)(=O)O)=c1ccc2c(C(C)(C)C)cc(/C=C/C=C3/N(CCCCCC(=O)O)c4ccc(S(=O)(=O)O)cc4C3(C)CCCC(=O)NCCOC)oc-2c1.[Na+].[Na+]. The number of carbonyl (C=O) groups excluding carboxylic acids is 1. The Labute approximate surface area is 405 Å². The maximum Gasteiger partial charge on any atom is 1.00 e. The summed E-state index contributed by atoms with van der Waals surface area (Å²) < 4.78 is 80.3. The van der Waals surface area contributed by atoms with Gasteiger partial charge in [-0.1, -0.05) is 33.3 Å². The van der Waals surface area contributed by atoms with E-state index in [1.165, 1.54) is 12.1 Å². The first kappa shape index (κ1) is 54.8. The summed E-state index contributed by atoms with van der Waals surface area (Å²) in [6, 6.07) is 12.5. The molecule has 0 spiro atoms. The van der Waals surface area contributed by atoms with E-state index < -0.39 is 31.6 Å². The Kier molecular flexibility index (Phi) is 21.6. The molecule has 324 valence electrons. The second-order valence-electron chi connectivity index (χ2n) is 16.2. The van der Waals surface area contributed by atoms with Crippen molar-refractivity contribution < 1.29 is 109 Å². The quantitative estimate of drug-likeness (QED) is 0.0493. The minimum absolute atomic E-state index is 0. The van der Waals surface area contributed by atoms with Crippen LogP contribution in [0.4, 0.5) is 5.69 Å². The number of carboxylic acid groups (broad SMARTS) is 1. The third-order valence-electron chi connectivity index (χ3n) is 10.7. The first-order chi connectivity index (χ1) is 27.7. The van der Waals surface area contributed by atoms with Gasteiger partial charge in [0.1, 0.15) is 24.6 Å². The van der Waals surface area contributed by atoms with E-state index in [0.717, 1.165) is 27.9 Å². The average molecular weight is 905 g/mol. The van der Waals surface area contributed by atoms with Gasteiger partial charge in [-0.2, -0.15) is 16.8 Å². The van der Waals surface area contributed by atoms with E-state index in [2.05, 4.69) is 31.0 Å². The summed E-state index contributed by atoms with van der Waals surface area (Å²) in [7, 11) is -7.05. The van der Waals surface area contributed by atoms with Crippen molar-refractivity contribution >= 4 is 43.9 Å². The number of aliphatic carboxylic acids is 1. The minimum Gasteiger partial charge on any atom is -0.481 e. The molecule has 0 saturated carbocycles. The Morgan fingerprint density at radius 3 is 2.31 bits per heavy atom. The third kappa shape index (κ3) is 15.7. The number of carbonyl (C=O) groups is 2. The van der Waals surface area contributed by atoms with E-state index in [1.54, 1.807) is 13.2 Å². The number of methoxy groups -OCH3 is 1. The van der Waals surface area contributed by atoms with Gasteiger partial charge in [0.05, 0.1) is 23.3 Å². The van der Waals surface area contributed by atoms with Crippen molar-refractivity contribution in [2.45, 2.75) is 102 Å². The maximum atomic E-state index is 12.7. The third-order valence-corrected chi connectivity index (χ3v) is 12.3. The summed E-state index contributed by atoms with van der Waals surface area (Å²) >= 11 is 0. The molecule has 2 aliphatic heterocycles. The smallest absolute Gasteiger partial charge is 0.481 e. The molecule has 1 aromatic rings. The molecule has 3 aliphatic rings. The van der Waals surface area contributed by atoms with Gasteiger partial charge in [0, 0.05) is 67.9 Å². The Hall–Kier alpha value is -2.35. The Bertz CT molecular complexity index is 2300. The molecule has 4 N–H and O–H groups in total. The number of unbranched alkanes of at least 4 members (excludes halogenated alkanes) is 2. The molecule has 61 heavy (non-hydrogen) atoms. The Morgan fingerprint density at radius 1 is 0.967 bits per heavy atom. The zero-order valence-electron chi connectivity index (χ0n) is 37.0.